The van der Waals surface area contributed by atoms with Gasteiger partial charge in [0.05, 0.1) is 29.6 Å². The fourth-order valence-corrected chi connectivity index (χ4v) is 4.30. The Morgan fingerprint density at radius 2 is 1.94 bits per heavy atom. The predicted molar refractivity (Wildman–Crippen MR) is 117 cm³/mol. The van der Waals surface area contributed by atoms with E-state index in [1.54, 1.807) is 19.1 Å². The van der Waals surface area contributed by atoms with Crippen molar-refractivity contribution in [3.05, 3.63) is 86.7 Å². The third-order valence-corrected chi connectivity index (χ3v) is 5.90. The van der Waals surface area contributed by atoms with Gasteiger partial charge in [-0.25, -0.2) is 4.98 Å². The number of nitrogens with one attached hydrogen (secondary N) is 3. The van der Waals surface area contributed by atoms with E-state index in [0.29, 0.717) is 38.7 Å². The molecule has 4 aromatic rings. The van der Waals surface area contributed by atoms with Crippen molar-refractivity contribution < 1.29 is 14.0 Å². The number of furan rings is 1. The van der Waals surface area contributed by atoms with Crippen molar-refractivity contribution in [3.63, 3.8) is 0 Å². The van der Waals surface area contributed by atoms with Crippen LogP contribution in [0.25, 0.3) is 10.2 Å². The van der Waals surface area contributed by atoms with E-state index in [2.05, 4.69) is 20.6 Å². The van der Waals surface area contributed by atoms with Crippen LogP contribution in [0.3, 0.4) is 0 Å². The van der Waals surface area contributed by atoms with E-state index < -0.39 is 5.91 Å². The van der Waals surface area contributed by atoms with Gasteiger partial charge in [0.25, 0.3) is 11.5 Å². The van der Waals surface area contributed by atoms with Crippen molar-refractivity contribution in [2.45, 2.75) is 19.9 Å². The monoisotopic (exact) mass is 436 g/mol. The van der Waals surface area contributed by atoms with Crippen molar-refractivity contribution in [2.24, 2.45) is 0 Å². The number of amides is 2. The molecule has 3 aromatic heterocycles. The summed E-state index contributed by atoms with van der Waals surface area (Å²) in [5.41, 5.74) is 1.30. The Balaban J connectivity index is 1.46. The Hall–Kier alpha value is -3.72. The lowest BCUT2D eigenvalue weighted by Gasteiger charge is -2.05. The summed E-state index contributed by atoms with van der Waals surface area (Å²) in [7, 11) is 0. The summed E-state index contributed by atoms with van der Waals surface area (Å²) in [5, 5.41) is 5.65. The maximum absolute atomic E-state index is 12.6. The van der Waals surface area contributed by atoms with Gasteiger partial charge < -0.3 is 20.0 Å². The van der Waals surface area contributed by atoms with Crippen LogP contribution < -0.4 is 16.2 Å². The van der Waals surface area contributed by atoms with Crippen molar-refractivity contribution in [2.75, 3.05) is 6.54 Å². The number of benzene rings is 1. The maximum Gasteiger partial charge on any atom is 0.262 e. The molecular weight excluding hydrogens is 416 g/mol. The van der Waals surface area contributed by atoms with Crippen LogP contribution in [-0.4, -0.2) is 28.3 Å². The number of aromatic nitrogens is 2. The third kappa shape index (κ3) is 4.72. The van der Waals surface area contributed by atoms with Crippen LogP contribution in [0.4, 0.5) is 0 Å². The normalized spacial score (nSPS) is 10.9. The molecule has 0 aliphatic rings. The Morgan fingerprint density at radius 1 is 1.13 bits per heavy atom. The van der Waals surface area contributed by atoms with Crippen molar-refractivity contribution in [1.82, 2.24) is 20.6 Å². The predicted octanol–water partition coefficient (Wildman–Crippen LogP) is 2.52. The Morgan fingerprint density at radius 3 is 2.68 bits per heavy atom. The summed E-state index contributed by atoms with van der Waals surface area (Å²) < 4.78 is 5.15. The van der Waals surface area contributed by atoms with Crippen molar-refractivity contribution >= 4 is 33.4 Å². The molecule has 0 aliphatic carbocycles. The third-order valence-electron chi connectivity index (χ3n) is 4.72. The molecule has 1 aromatic carbocycles. The van der Waals surface area contributed by atoms with E-state index >= 15 is 0 Å². The first-order valence-electron chi connectivity index (χ1n) is 9.65. The highest BCUT2D eigenvalue weighted by molar-refractivity contribution is 7.20. The highest BCUT2D eigenvalue weighted by Crippen LogP contribution is 2.27. The fraction of sp³-hybridized carbons (Fsp3) is 0.182. The number of carbonyl (C=O) groups excluding carboxylic acids is 2. The van der Waals surface area contributed by atoms with Gasteiger partial charge in [0.15, 0.2) is 0 Å². The fourth-order valence-electron chi connectivity index (χ4n) is 3.18. The first-order valence-corrected chi connectivity index (χ1v) is 10.5. The summed E-state index contributed by atoms with van der Waals surface area (Å²) in [5.74, 6) is 0.396. The standard InChI is InChI=1S/C22H20N4O4S/c1-13-18-20(28)25-16(10-14-6-3-2-4-7-14)26-22(18)31-19(13)21(29)24-12-17(27)23-11-15-8-5-9-30-15/h2-9H,10-12H2,1H3,(H,23,27)(H,24,29)(H,25,26,28). The summed E-state index contributed by atoms with van der Waals surface area (Å²) in [4.78, 5) is 45.4. The number of carbonyl (C=O) groups is 2. The van der Waals surface area contributed by atoms with E-state index in [1.165, 1.54) is 6.26 Å². The molecule has 3 heterocycles. The average Bonchev–Trinajstić information content (AvgIpc) is 3.39. The molecule has 0 spiro atoms. The number of thiophene rings is 1. The quantitative estimate of drug-likeness (QED) is 0.412. The second kappa shape index (κ2) is 8.97. The van der Waals surface area contributed by atoms with Crippen LogP contribution in [0, 0.1) is 6.92 Å². The van der Waals surface area contributed by atoms with E-state index in [1.807, 2.05) is 30.3 Å². The number of aromatic amines is 1. The molecule has 0 atom stereocenters. The van der Waals surface area contributed by atoms with Gasteiger partial charge >= 0.3 is 0 Å². The lowest BCUT2D eigenvalue weighted by Crippen LogP contribution is -2.36. The van der Waals surface area contributed by atoms with Gasteiger partial charge in [0, 0.05) is 6.42 Å². The smallest absolute Gasteiger partial charge is 0.262 e. The average molecular weight is 436 g/mol. The molecule has 0 unspecified atom stereocenters. The van der Waals surface area contributed by atoms with Crippen LogP contribution in [0.5, 0.6) is 0 Å². The summed E-state index contributed by atoms with van der Waals surface area (Å²) in [6.45, 7) is 1.77. The first-order chi connectivity index (χ1) is 15.0. The zero-order valence-corrected chi connectivity index (χ0v) is 17.5. The van der Waals surface area contributed by atoms with Gasteiger partial charge in [-0.3, -0.25) is 14.4 Å². The molecule has 8 nitrogen and oxygen atoms in total. The molecule has 31 heavy (non-hydrogen) atoms. The largest absolute Gasteiger partial charge is 0.467 e. The van der Waals surface area contributed by atoms with Crippen molar-refractivity contribution in [1.29, 1.82) is 0 Å². The van der Waals surface area contributed by atoms with Gasteiger partial charge in [-0.05, 0) is 30.2 Å². The molecule has 0 aliphatic heterocycles. The Kier molecular flexibility index (Phi) is 5.94. The number of nitrogens with zero attached hydrogens (tertiary/aromatic N) is 1. The van der Waals surface area contributed by atoms with Crippen LogP contribution in [0.1, 0.15) is 32.4 Å². The molecule has 158 valence electrons. The minimum absolute atomic E-state index is 0.184. The summed E-state index contributed by atoms with van der Waals surface area (Å²) in [6.07, 6.45) is 2.01. The molecule has 3 N–H and O–H groups in total. The topological polar surface area (TPSA) is 117 Å². The summed E-state index contributed by atoms with van der Waals surface area (Å²) >= 11 is 1.14. The number of hydrogen-bond donors (Lipinski definition) is 3. The van der Waals surface area contributed by atoms with Crippen molar-refractivity contribution in [3.8, 4) is 0 Å². The number of fused-ring (bicyclic) bond motifs is 1. The number of aryl methyl sites for hydroxylation is 1. The highest BCUT2D eigenvalue weighted by Gasteiger charge is 2.20. The number of rotatable bonds is 7. The van der Waals surface area contributed by atoms with E-state index in [9.17, 15) is 14.4 Å². The first kappa shape index (κ1) is 20.5. The SMILES string of the molecule is Cc1c(C(=O)NCC(=O)NCc2ccco2)sc2nc(Cc3ccccc3)[nH]c(=O)c12. The van der Waals surface area contributed by atoms with E-state index in [-0.39, 0.29) is 24.6 Å². The van der Waals surface area contributed by atoms with E-state index in [4.69, 9.17) is 4.42 Å². The van der Waals surface area contributed by atoms with Gasteiger partial charge in [-0.1, -0.05) is 30.3 Å². The minimum atomic E-state index is -0.419. The highest BCUT2D eigenvalue weighted by atomic mass is 32.1. The maximum atomic E-state index is 12.6. The number of hydrogen-bond acceptors (Lipinski definition) is 6. The van der Waals surface area contributed by atoms with Gasteiger partial charge in [0.2, 0.25) is 5.91 Å². The summed E-state index contributed by atoms with van der Waals surface area (Å²) in [6, 6.07) is 13.2. The second-order valence-corrected chi connectivity index (χ2v) is 7.95. The van der Waals surface area contributed by atoms with E-state index in [0.717, 1.165) is 16.9 Å². The Bertz CT molecular complexity index is 1280. The molecule has 9 heteroatoms. The molecule has 4 rings (SSSR count). The molecule has 0 radical (unpaired) electrons. The van der Waals surface area contributed by atoms with Crippen LogP contribution in [-0.2, 0) is 17.8 Å². The van der Waals surface area contributed by atoms with Crippen LogP contribution >= 0.6 is 11.3 Å². The van der Waals surface area contributed by atoms with Crippen LogP contribution in [0.2, 0.25) is 0 Å². The van der Waals surface area contributed by atoms with Crippen LogP contribution in [0.15, 0.2) is 57.9 Å². The van der Waals surface area contributed by atoms with Gasteiger partial charge in [0.1, 0.15) is 16.4 Å². The molecule has 2 amide bonds. The lowest BCUT2D eigenvalue weighted by atomic mass is 10.1. The lowest BCUT2D eigenvalue weighted by molar-refractivity contribution is -0.120. The zero-order chi connectivity index (χ0) is 21.8. The van der Waals surface area contributed by atoms with Gasteiger partial charge in [-0.2, -0.15) is 0 Å². The second-order valence-electron chi connectivity index (χ2n) is 6.95. The minimum Gasteiger partial charge on any atom is -0.467 e. The molecule has 0 bridgehead atoms. The molecule has 0 saturated carbocycles. The Labute approximate surface area is 181 Å². The molecule has 0 saturated heterocycles. The van der Waals surface area contributed by atoms with Gasteiger partial charge in [-0.15, -0.1) is 11.3 Å². The molecule has 0 fully saturated rings. The number of H-pyrrole nitrogens is 1. The molecular formula is C22H20N4O4S. The zero-order valence-electron chi connectivity index (χ0n) is 16.7.